The Morgan fingerprint density at radius 1 is 1.18 bits per heavy atom. The smallest absolute Gasteiger partial charge is 0.238 e. The monoisotopic (exact) mass is 433 g/mol. The molecule has 4 rings (SSSR count). The minimum absolute atomic E-state index is 0.0622. The van der Waals surface area contributed by atoms with E-state index >= 15 is 0 Å². The molecule has 0 bridgehead atoms. The minimum atomic E-state index is -0.484. The van der Waals surface area contributed by atoms with Gasteiger partial charge in [0.1, 0.15) is 5.25 Å². The topological polar surface area (TPSA) is 85.8 Å². The molecular formula is C19H17Cl2N5OS. The molecule has 28 heavy (non-hydrogen) atoms. The molecule has 6 nitrogen and oxygen atoms in total. The van der Waals surface area contributed by atoms with Crippen LogP contribution in [0.15, 0.2) is 53.7 Å². The van der Waals surface area contributed by atoms with Crippen molar-refractivity contribution in [2.45, 2.75) is 29.3 Å². The second kappa shape index (κ2) is 8.03. The molecule has 3 aromatic rings. The van der Waals surface area contributed by atoms with E-state index in [0.717, 1.165) is 18.4 Å². The average molecular weight is 434 g/mol. The molecule has 1 amide bonds. The molecule has 1 fully saturated rings. The lowest BCUT2D eigenvalue weighted by atomic mass is 10.1. The lowest BCUT2D eigenvalue weighted by Crippen LogP contribution is -2.30. The van der Waals surface area contributed by atoms with Gasteiger partial charge in [0, 0.05) is 16.6 Å². The summed E-state index contributed by atoms with van der Waals surface area (Å²) in [5.74, 6) is 6.57. The number of benzene rings is 2. The number of halogens is 2. The van der Waals surface area contributed by atoms with Crippen LogP contribution in [0.25, 0.3) is 11.4 Å². The third-order valence-corrected chi connectivity index (χ3v) is 6.08. The van der Waals surface area contributed by atoms with Gasteiger partial charge in [0.25, 0.3) is 0 Å². The number of carbonyl (C=O) groups is 1. The summed E-state index contributed by atoms with van der Waals surface area (Å²) < 4.78 is 1.35. The van der Waals surface area contributed by atoms with Crippen LogP contribution in [0.2, 0.25) is 10.0 Å². The number of hydrogen-bond acceptors (Lipinski definition) is 5. The highest BCUT2D eigenvalue weighted by Gasteiger charge is 2.30. The van der Waals surface area contributed by atoms with Crippen LogP contribution in [0.1, 0.15) is 23.7 Å². The number of nitrogens with one attached hydrogen (secondary N) is 1. The van der Waals surface area contributed by atoms with Crippen LogP contribution >= 0.6 is 35.0 Å². The van der Waals surface area contributed by atoms with E-state index in [4.69, 9.17) is 29.0 Å². The summed E-state index contributed by atoms with van der Waals surface area (Å²) >= 11 is 13.5. The Morgan fingerprint density at radius 2 is 1.93 bits per heavy atom. The molecular weight excluding hydrogens is 417 g/mol. The van der Waals surface area contributed by atoms with Gasteiger partial charge in [0.05, 0.1) is 5.02 Å². The van der Waals surface area contributed by atoms with Gasteiger partial charge in [-0.2, -0.15) is 0 Å². The van der Waals surface area contributed by atoms with Crippen molar-refractivity contribution in [2.75, 3.05) is 5.84 Å². The molecule has 1 atom stereocenters. The van der Waals surface area contributed by atoms with E-state index in [2.05, 4.69) is 15.5 Å². The second-order valence-corrected chi connectivity index (χ2v) is 8.41. The van der Waals surface area contributed by atoms with E-state index in [1.54, 1.807) is 18.2 Å². The highest BCUT2D eigenvalue weighted by molar-refractivity contribution is 8.00. The van der Waals surface area contributed by atoms with Crippen molar-refractivity contribution in [1.29, 1.82) is 0 Å². The van der Waals surface area contributed by atoms with Crippen LogP contribution in [-0.2, 0) is 4.79 Å². The van der Waals surface area contributed by atoms with Gasteiger partial charge in [0.15, 0.2) is 5.82 Å². The van der Waals surface area contributed by atoms with Crippen LogP contribution < -0.4 is 11.2 Å². The lowest BCUT2D eigenvalue weighted by Gasteiger charge is -2.16. The maximum Gasteiger partial charge on any atom is 0.238 e. The fraction of sp³-hybridized carbons (Fsp3) is 0.211. The number of carbonyl (C=O) groups excluding carboxylic acids is 1. The molecule has 3 N–H and O–H groups in total. The second-order valence-electron chi connectivity index (χ2n) is 6.49. The van der Waals surface area contributed by atoms with Crippen LogP contribution in [0.4, 0.5) is 0 Å². The van der Waals surface area contributed by atoms with E-state index in [0.29, 0.717) is 26.6 Å². The normalized spacial score (nSPS) is 14.6. The lowest BCUT2D eigenvalue weighted by molar-refractivity contribution is -0.120. The van der Waals surface area contributed by atoms with Crippen molar-refractivity contribution >= 4 is 40.9 Å². The molecule has 1 aromatic heterocycles. The minimum Gasteiger partial charge on any atom is -0.352 e. The number of nitrogens with zero attached hydrogens (tertiary/aromatic N) is 3. The van der Waals surface area contributed by atoms with Crippen molar-refractivity contribution in [1.82, 2.24) is 20.2 Å². The average Bonchev–Trinajstić information content (AvgIpc) is 3.42. The molecule has 0 saturated heterocycles. The number of nitrogens with two attached hydrogens (primary N) is 1. The fourth-order valence-corrected chi connectivity index (χ4v) is 4.18. The van der Waals surface area contributed by atoms with Gasteiger partial charge < -0.3 is 11.2 Å². The van der Waals surface area contributed by atoms with Gasteiger partial charge in [-0.05, 0) is 36.6 Å². The Morgan fingerprint density at radius 3 is 2.61 bits per heavy atom. The van der Waals surface area contributed by atoms with Crippen molar-refractivity contribution in [3.8, 4) is 11.4 Å². The predicted octanol–water partition coefficient (Wildman–Crippen LogP) is 4.08. The molecule has 0 aliphatic heterocycles. The van der Waals surface area contributed by atoms with Crippen molar-refractivity contribution in [2.24, 2.45) is 0 Å². The number of aromatic nitrogens is 3. The number of thioether (sulfide) groups is 1. The SMILES string of the molecule is Nn1c(S[C@@H](C(=O)NC2CC2)c2ccccc2)nnc1-c1ccc(Cl)cc1Cl. The van der Waals surface area contributed by atoms with Gasteiger partial charge in [-0.25, -0.2) is 4.68 Å². The van der Waals surface area contributed by atoms with Crippen LogP contribution in [-0.4, -0.2) is 26.8 Å². The number of nitrogen functional groups attached to an aromatic ring is 1. The van der Waals surface area contributed by atoms with Gasteiger partial charge in [-0.1, -0.05) is 65.3 Å². The van der Waals surface area contributed by atoms with E-state index in [1.165, 1.54) is 16.4 Å². The Bertz CT molecular complexity index is 1010. The summed E-state index contributed by atoms with van der Waals surface area (Å²) in [5, 5.41) is 12.3. The van der Waals surface area contributed by atoms with Crippen molar-refractivity contribution in [3.63, 3.8) is 0 Å². The van der Waals surface area contributed by atoms with E-state index < -0.39 is 5.25 Å². The Kier molecular flexibility index (Phi) is 5.48. The molecule has 0 radical (unpaired) electrons. The predicted molar refractivity (Wildman–Crippen MR) is 112 cm³/mol. The molecule has 1 heterocycles. The van der Waals surface area contributed by atoms with Crippen LogP contribution in [0.5, 0.6) is 0 Å². The molecule has 1 aliphatic carbocycles. The van der Waals surface area contributed by atoms with Gasteiger partial charge >= 0.3 is 0 Å². The molecule has 2 aromatic carbocycles. The molecule has 0 spiro atoms. The summed E-state index contributed by atoms with van der Waals surface area (Å²) in [6.45, 7) is 0. The van der Waals surface area contributed by atoms with Gasteiger partial charge in [-0.3, -0.25) is 4.79 Å². The zero-order valence-electron chi connectivity index (χ0n) is 14.7. The third kappa shape index (κ3) is 4.11. The first-order valence-electron chi connectivity index (χ1n) is 8.71. The number of rotatable bonds is 6. The summed E-state index contributed by atoms with van der Waals surface area (Å²) in [4.78, 5) is 12.8. The zero-order chi connectivity index (χ0) is 19.7. The van der Waals surface area contributed by atoms with Crippen LogP contribution in [0.3, 0.4) is 0 Å². The maximum atomic E-state index is 12.8. The largest absolute Gasteiger partial charge is 0.352 e. The summed E-state index contributed by atoms with van der Waals surface area (Å²) in [6.07, 6.45) is 2.04. The Labute approximate surface area is 176 Å². The molecule has 0 unspecified atom stereocenters. The van der Waals surface area contributed by atoms with Gasteiger partial charge in [0.2, 0.25) is 11.1 Å². The molecule has 1 aliphatic rings. The highest BCUT2D eigenvalue weighted by Crippen LogP contribution is 2.37. The first-order valence-corrected chi connectivity index (χ1v) is 10.3. The van der Waals surface area contributed by atoms with E-state index in [1.807, 2.05) is 30.3 Å². The highest BCUT2D eigenvalue weighted by atomic mass is 35.5. The fourth-order valence-electron chi connectivity index (χ4n) is 2.72. The zero-order valence-corrected chi connectivity index (χ0v) is 17.0. The van der Waals surface area contributed by atoms with Gasteiger partial charge in [-0.15, -0.1) is 10.2 Å². The molecule has 144 valence electrons. The van der Waals surface area contributed by atoms with E-state index in [9.17, 15) is 4.79 Å². The number of amides is 1. The van der Waals surface area contributed by atoms with Crippen molar-refractivity contribution in [3.05, 3.63) is 64.1 Å². The maximum absolute atomic E-state index is 12.8. The van der Waals surface area contributed by atoms with Crippen LogP contribution in [0, 0.1) is 0 Å². The summed E-state index contributed by atoms with van der Waals surface area (Å²) in [5.41, 5.74) is 1.49. The third-order valence-electron chi connectivity index (χ3n) is 4.32. The summed E-state index contributed by atoms with van der Waals surface area (Å²) in [6, 6.07) is 14.9. The summed E-state index contributed by atoms with van der Waals surface area (Å²) in [7, 11) is 0. The number of hydrogen-bond donors (Lipinski definition) is 2. The quantitative estimate of drug-likeness (QED) is 0.451. The Hall–Kier alpha value is -2.22. The molecule has 9 heteroatoms. The first-order chi connectivity index (χ1) is 13.5. The Balaban J connectivity index is 1.63. The first kappa shape index (κ1) is 19.1. The van der Waals surface area contributed by atoms with Crippen molar-refractivity contribution < 1.29 is 4.79 Å². The standard InChI is InChI=1S/C19H17Cl2N5OS/c20-12-6-9-14(15(21)10-12)17-24-25-19(26(17)22)28-16(11-4-2-1-3-5-11)18(27)23-13-7-8-13/h1-6,9-10,13,16H,7-8,22H2,(H,23,27)/t16-/m1/s1. The molecule has 1 saturated carbocycles. The van der Waals surface area contributed by atoms with E-state index in [-0.39, 0.29) is 11.9 Å².